The molecule has 160 valence electrons. The van der Waals surface area contributed by atoms with Crippen molar-refractivity contribution in [3.8, 4) is 23.5 Å². The monoisotopic (exact) mass is 455 g/mol. The van der Waals surface area contributed by atoms with E-state index in [1.54, 1.807) is 25.1 Å². The Bertz CT molecular complexity index is 939. The van der Waals surface area contributed by atoms with Gasteiger partial charge in [-0.25, -0.2) is 4.79 Å². The lowest BCUT2D eigenvalue weighted by Crippen LogP contribution is -2.12. The summed E-state index contributed by atoms with van der Waals surface area (Å²) in [6.07, 6.45) is 1.42. The van der Waals surface area contributed by atoms with Gasteiger partial charge >= 0.3 is 12.0 Å². The van der Waals surface area contributed by atoms with Crippen molar-refractivity contribution in [2.75, 3.05) is 27.9 Å². The topological polar surface area (TPSA) is 101 Å². The maximum atomic E-state index is 12.5. The number of carbonyl (C=O) groups is 1. The summed E-state index contributed by atoms with van der Waals surface area (Å²) < 4.78 is 20.9. The van der Waals surface area contributed by atoms with Gasteiger partial charge in [-0.3, -0.25) is 0 Å². The molecule has 0 radical (unpaired) electrons. The Hall–Kier alpha value is -3.04. The highest BCUT2D eigenvalue weighted by molar-refractivity contribution is 6.55. The fourth-order valence-corrected chi connectivity index (χ4v) is 2.38. The summed E-state index contributed by atoms with van der Waals surface area (Å²) >= 11 is 11.1. The van der Waals surface area contributed by atoms with Crippen molar-refractivity contribution in [3.63, 3.8) is 0 Å². The van der Waals surface area contributed by atoms with Crippen LogP contribution in [0.1, 0.15) is 22.8 Å². The normalized spacial score (nSPS) is 10.8. The average molecular weight is 456 g/mol. The summed E-state index contributed by atoms with van der Waals surface area (Å²) in [5.74, 6) is -0.0452. The molecular formula is C19H19Cl2N3O6. The fourth-order valence-electron chi connectivity index (χ4n) is 2.25. The Morgan fingerprint density at radius 3 is 2.37 bits per heavy atom. The van der Waals surface area contributed by atoms with Gasteiger partial charge in [0.25, 0.3) is 0 Å². The lowest BCUT2D eigenvalue weighted by atomic mass is 10.0. The number of aromatic nitrogens is 2. The summed E-state index contributed by atoms with van der Waals surface area (Å²) in [6.45, 7) is 1.71. The first-order valence-electron chi connectivity index (χ1n) is 8.44. The Balaban J connectivity index is 2.44. The number of oxime groups is 1. The van der Waals surface area contributed by atoms with Gasteiger partial charge in [0.05, 0.1) is 33.1 Å². The van der Waals surface area contributed by atoms with Crippen molar-refractivity contribution in [3.05, 3.63) is 46.0 Å². The smallest absolute Gasteiger partial charge is 0.342 e. The van der Waals surface area contributed by atoms with Gasteiger partial charge < -0.3 is 23.8 Å². The van der Waals surface area contributed by atoms with Gasteiger partial charge in [-0.1, -0.05) is 40.5 Å². The van der Waals surface area contributed by atoms with Crippen LogP contribution in [0.5, 0.6) is 23.5 Å². The third-order valence-corrected chi connectivity index (χ3v) is 3.91. The van der Waals surface area contributed by atoms with E-state index in [-0.39, 0.29) is 40.2 Å². The Labute approximate surface area is 183 Å². The molecular weight excluding hydrogens is 437 g/mol. The van der Waals surface area contributed by atoms with E-state index in [0.29, 0.717) is 11.3 Å². The number of halogens is 2. The molecule has 0 amide bonds. The van der Waals surface area contributed by atoms with Crippen LogP contribution in [-0.2, 0) is 9.57 Å². The maximum Gasteiger partial charge on any atom is 0.342 e. The number of rotatable bonds is 9. The minimum atomic E-state index is -0.645. The van der Waals surface area contributed by atoms with E-state index in [2.05, 4.69) is 15.1 Å². The first-order chi connectivity index (χ1) is 14.4. The highest BCUT2D eigenvalue weighted by atomic mass is 35.5. The number of esters is 1. The molecule has 0 aliphatic heterocycles. The molecule has 1 aromatic carbocycles. The Morgan fingerprint density at radius 2 is 1.80 bits per heavy atom. The zero-order valence-corrected chi connectivity index (χ0v) is 18.2. The van der Waals surface area contributed by atoms with E-state index in [4.69, 9.17) is 47.0 Å². The first-order valence-corrected chi connectivity index (χ1v) is 9.19. The van der Waals surface area contributed by atoms with Crippen LogP contribution in [0.3, 0.4) is 0 Å². The zero-order valence-electron chi connectivity index (χ0n) is 16.6. The molecule has 30 heavy (non-hydrogen) atoms. The van der Waals surface area contributed by atoms with Crippen LogP contribution in [0, 0.1) is 0 Å². The molecule has 0 aliphatic rings. The van der Waals surface area contributed by atoms with Gasteiger partial charge in [0.2, 0.25) is 11.8 Å². The number of hydrogen-bond donors (Lipinski definition) is 0. The SMILES string of the molecule is COC(=O)c1c(Oc2nc(OC)cc(OC)n2)cccc1/C(C)=N\OCC=C(Cl)Cl. The van der Waals surface area contributed by atoms with Crippen molar-refractivity contribution < 1.29 is 28.6 Å². The molecule has 1 aromatic heterocycles. The van der Waals surface area contributed by atoms with Crippen molar-refractivity contribution in [1.82, 2.24) is 9.97 Å². The van der Waals surface area contributed by atoms with Crippen molar-refractivity contribution in [2.24, 2.45) is 5.16 Å². The van der Waals surface area contributed by atoms with Gasteiger partial charge in [-0.2, -0.15) is 9.97 Å². The molecule has 0 unspecified atom stereocenters. The molecule has 0 saturated heterocycles. The summed E-state index contributed by atoms with van der Waals surface area (Å²) in [4.78, 5) is 25.8. The predicted molar refractivity (Wildman–Crippen MR) is 111 cm³/mol. The Kier molecular flexibility index (Phi) is 8.70. The number of benzene rings is 1. The van der Waals surface area contributed by atoms with Gasteiger partial charge in [-0.05, 0) is 19.1 Å². The average Bonchev–Trinajstić information content (AvgIpc) is 2.75. The lowest BCUT2D eigenvalue weighted by molar-refractivity contribution is 0.0597. The van der Waals surface area contributed by atoms with Crippen LogP contribution in [0.25, 0.3) is 0 Å². The molecule has 0 atom stereocenters. The maximum absolute atomic E-state index is 12.5. The highest BCUT2D eigenvalue weighted by Gasteiger charge is 2.22. The fraction of sp³-hybridized carbons (Fsp3) is 0.263. The Morgan fingerprint density at radius 1 is 1.13 bits per heavy atom. The predicted octanol–water partition coefficient (Wildman–Crippen LogP) is 4.13. The van der Waals surface area contributed by atoms with Crippen LogP contribution in [-0.4, -0.2) is 49.6 Å². The van der Waals surface area contributed by atoms with E-state index < -0.39 is 5.97 Å². The first kappa shape index (κ1) is 23.2. The van der Waals surface area contributed by atoms with Crippen LogP contribution in [0.4, 0.5) is 0 Å². The highest BCUT2D eigenvalue weighted by Crippen LogP contribution is 2.29. The van der Waals surface area contributed by atoms with Crippen LogP contribution >= 0.6 is 23.2 Å². The third kappa shape index (κ3) is 6.23. The van der Waals surface area contributed by atoms with E-state index >= 15 is 0 Å². The number of methoxy groups -OCH3 is 3. The largest absolute Gasteiger partial charge is 0.481 e. The summed E-state index contributed by atoms with van der Waals surface area (Å²) in [7, 11) is 4.14. The zero-order chi connectivity index (χ0) is 22.1. The van der Waals surface area contributed by atoms with Gasteiger partial charge in [0, 0.05) is 5.56 Å². The van der Waals surface area contributed by atoms with Gasteiger partial charge in [0.15, 0.2) is 0 Å². The summed E-state index contributed by atoms with van der Waals surface area (Å²) in [5, 5.41) is 3.97. The minimum absolute atomic E-state index is 0.0564. The van der Waals surface area contributed by atoms with Gasteiger partial charge in [-0.15, -0.1) is 0 Å². The quantitative estimate of drug-likeness (QED) is 0.240. The number of nitrogens with zero attached hydrogens (tertiary/aromatic N) is 3. The molecule has 2 rings (SSSR count). The standard InChI is InChI=1S/C19H19Cl2N3O6/c1-11(24-29-9-8-14(20)21)12-6-5-7-13(17(12)18(25)28-4)30-19-22-15(26-2)10-16(23-19)27-3/h5-8,10H,9H2,1-4H3/b24-11-. The molecule has 9 nitrogen and oxygen atoms in total. The van der Waals surface area contributed by atoms with E-state index in [0.717, 1.165) is 0 Å². The third-order valence-electron chi connectivity index (χ3n) is 3.60. The van der Waals surface area contributed by atoms with Crippen LogP contribution < -0.4 is 14.2 Å². The summed E-state index contributed by atoms with van der Waals surface area (Å²) in [5.41, 5.74) is 0.931. The minimum Gasteiger partial charge on any atom is -0.481 e. The molecule has 0 saturated carbocycles. The second-order valence-corrected chi connectivity index (χ2v) is 6.48. The molecule has 0 spiro atoms. The lowest BCUT2D eigenvalue weighted by Gasteiger charge is -2.13. The molecule has 2 aromatic rings. The molecule has 0 aliphatic carbocycles. The van der Waals surface area contributed by atoms with Crippen LogP contribution in [0.2, 0.25) is 0 Å². The van der Waals surface area contributed by atoms with E-state index in [1.807, 2.05) is 0 Å². The van der Waals surface area contributed by atoms with E-state index in [1.165, 1.54) is 33.5 Å². The molecule has 0 N–H and O–H groups in total. The van der Waals surface area contributed by atoms with Crippen LogP contribution in [0.15, 0.2) is 40.0 Å². The number of ether oxygens (including phenoxy) is 4. The number of hydrogen-bond acceptors (Lipinski definition) is 9. The van der Waals surface area contributed by atoms with Crippen molar-refractivity contribution in [1.29, 1.82) is 0 Å². The van der Waals surface area contributed by atoms with Crippen molar-refractivity contribution >= 4 is 34.9 Å². The second-order valence-electron chi connectivity index (χ2n) is 5.47. The van der Waals surface area contributed by atoms with Crippen molar-refractivity contribution in [2.45, 2.75) is 6.92 Å². The van der Waals surface area contributed by atoms with Gasteiger partial charge in [0.1, 0.15) is 22.4 Å². The molecule has 1 heterocycles. The second kappa shape index (κ2) is 11.2. The molecule has 0 bridgehead atoms. The van der Waals surface area contributed by atoms with E-state index in [9.17, 15) is 4.79 Å². The number of carbonyl (C=O) groups excluding carboxylic acids is 1. The molecule has 0 fully saturated rings. The molecule has 11 heteroatoms. The summed E-state index contributed by atoms with van der Waals surface area (Å²) in [6, 6.07) is 6.30.